The van der Waals surface area contributed by atoms with Crippen LogP contribution in [0.3, 0.4) is 0 Å². The fourth-order valence-corrected chi connectivity index (χ4v) is 1.53. The van der Waals surface area contributed by atoms with Crippen LogP contribution in [0.2, 0.25) is 0 Å². The molecule has 0 unspecified atom stereocenters. The van der Waals surface area contributed by atoms with Gasteiger partial charge in [-0.2, -0.15) is 4.99 Å². The third-order valence-electron chi connectivity index (χ3n) is 2.36. The van der Waals surface area contributed by atoms with Gasteiger partial charge >= 0.3 is 0 Å². The Kier molecular flexibility index (Phi) is 4.73. The summed E-state index contributed by atoms with van der Waals surface area (Å²) in [5.74, 6) is 1.46. The highest BCUT2D eigenvalue weighted by Gasteiger charge is 1.97. The summed E-state index contributed by atoms with van der Waals surface area (Å²) in [6.45, 7) is 0.869. The Morgan fingerprint density at radius 2 is 1.58 bits per heavy atom. The smallest absolute Gasteiger partial charge is 0.240 e. The van der Waals surface area contributed by atoms with Gasteiger partial charge in [0.05, 0.1) is 5.69 Å². The number of carbonyl (C=O) groups excluding carboxylic acids is 1. The van der Waals surface area contributed by atoms with E-state index in [2.05, 4.69) is 4.99 Å². The van der Waals surface area contributed by atoms with Crippen molar-refractivity contribution >= 4 is 11.8 Å². The van der Waals surface area contributed by atoms with E-state index in [4.69, 9.17) is 9.47 Å². The lowest BCUT2D eigenvalue weighted by atomic mass is 10.3. The van der Waals surface area contributed by atoms with Crippen molar-refractivity contribution in [2.75, 3.05) is 13.2 Å². The maximum atomic E-state index is 10.2. The van der Waals surface area contributed by atoms with Gasteiger partial charge < -0.3 is 9.47 Å². The van der Waals surface area contributed by atoms with Gasteiger partial charge in [-0.1, -0.05) is 24.3 Å². The van der Waals surface area contributed by atoms with Gasteiger partial charge in [-0.25, -0.2) is 4.79 Å². The predicted octanol–water partition coefficient (Wildman–Crippen LogP) is 3.11. The minimum atomic E-state index is 0.420. The lowest BCUT2D eigenvalue weighted by Gasteiger charge is -2.08. The summed E-state index contributed by atoms with van der Waals surface area (Å²) in [6.07, 6.45) is 1.49. The molecular formula is C15H13NO3. The van der Waals surface area contributed by atoms with Gasteiger partial charge in [-0.15, -0.1) is 0 Å². The molecule has 0 saturated heterocycles. The van der Waals surface area contributed by atoms with Crippen LogP contribution in [-0.2, 0) is 4.79 Å². The zero-order valence-electron chi connectivity index (χ0n) is 10.3. The fourth-order valence-electron chi connectivity index (χ4n) is 1.53. The van der Waals surface area contributed by atoms with E-state index in [1.807, 2.05) is 30.3 Å². The first kappa shape index (κ1) is 12.9. The maximum Gasteiger partial charge on any atom is 0.240 e. The van der Waals surface area contributed by atoms with Crippen LogP contribution in [0.15, 0.2) is 59.6 Å². The number of hydrogen-bond acceptors (Lipinski definition) is 4. The van der Waals surface area contributed by atoms with Crippen LogP contribution in [0.25, 0.3) is 0 Å². The Morgan fingerprint density at radius 1 is 0.895 bits per heavy atom. The average Bonchev–Trinajstić information content (AvgIpc) is 2.46. The van der Waals surface area contributed by atoms with Crippen molar-refractivity contribution in [2.24, 2.45) is 4.99 Å². The molecule has 0 amide bonds. The van der Waals surface area contributed by atoms with Crippen molar-refractivity contribution in [3.05, 3.63) is 54.6 Å². The topological polar surface area (TPSA) is 47.9 Å². The summed E-state index contributed by atoms with van der Waals surface area (Å²) in [5, 5.41) is 0. The lowest BCUT2D eigenvalue weighted by Crippen LogP contribution is -2.08. The monoisotopic (exact) mass is 255 g/mol. The Bertz CT molecular complexity index is 563. The minimum Gasteiger partial charge on any atom is -0.490 e. The number of nitrogens with zero attached hydrogens (tertiary/aromatic N) is 1. The number of para-hydroxylation sites is 1. The quantitative estimate of drug-likeness (QED) is 0.452. The standard InChI is InChI=1S/C15H13NO3/c17-12-16-13-5-4-8-15(11-13)19-10-9-18-14-6-2-1-3-7-14/h1-8,11H,9-10H2. The molecule has 0 aliphatic heterocycles. The molecule has 19 heavy (non-hydrogen) atoms. The molecule has 2 aromatic rings. The number of aliphatic imine (C=N–C) groups is 1. The summed E-state index contributed by atoms with van der Waals surface area (Å²) >= 11 is 0. The second-order valence-corrected chi connectivity index (χ2v) is 3.71. The van der Waals surface area contributed by atoms with Gasteiger partial charge in [0, 0.05) is 6.07 Å². The summed E-state index contributed by atoms with van der Waals surface area (Å²) < 4.78 is 11.0. The van der Waals surface area contributed by atoms with Gasteiger partial charge in [0.1, 0.15) is 24.7 Å². The first-order valence-electron chi connectivity index (χ1n) is 5.87. The van der Waals surface area contributed by atoms with E-state index < -0.39 is 0 Å². The van der Waals surface area contributed by atoms with Crippen LogP contribution in [0.4, 0.5) is 5.69 Å². The second kappa shape index (κ2) is 6.99. The lowest BCUT2D eigenvalue weighted by molar-refractivity contribution is 0.217. The molecule has 0 radical (unpaired) electrons. The second-order valence-electron chi connectivity index (χ2n) is 3.71. The minimum absolute atomic E-state index is 0.420. The van der Waals surface area contributed by atoms with E-state index in [1.54, 1.807) is 24.3 Å². The van der Waals surface area contributed by atoms with Gasteiger partial charge in [-0.3, -0.25) is 0 Å². The van der Waals surface area contributed by atoms with Crippen LogP contribution in [0.5, 0.6) is 11.5 Å². The molecule has 96 valence electrons. The van der Waals surface area contributed by atoms with Crippen LogP contribution in [-0.4, -0.2) is 19.3 Å². The summed E-state index contributed by atoms with van der Waals surface area (Å²) in [7, 11) is 0. The van der Waals surface area contributed by atoms with Crippen molar-refractivity contribution in [1.29, 1.82) is 0 Å². The number of benzene rings is 2. The van der Waals surface area contributed by atoms with Crippen LogP contribution < -0.4 is 9.47 Å². The van der Waals surface area contributed by atoms with Gasteiger partial charge in [0.25, 0.3) is 0 Å². The molecule has 2 aromatic carbocycles. The van der Waals surface area contributed by atoms with E-state index in [-0.39, 0.29) is 0 Å². The number of ether oxygens (including phenoxy) is 2. The third kappa shape index (κ3) is 4.30. The highest BCUT2D eigenvalue weighted by Crippen LogP contribution is 2.19. The molecular weight excluding hydrogens is 242 g/mol. The molecule has 0 spiro atoms. The van der Waals surface area contributed by atoms with Crippen molar-refractivity contribution in [2.45, 2.75) is 0 Å². The van der Waals surface area contributed by atoms with Crippen LogP contribution in [0.1, 0.15) is 0 Å². The van der Waals surface area contributed by atoms with Crippen molar-refractivity contribution in [3.8, 4) is 11.5 Å². The molecule has 0 N–H and O–H groups in total. The number of hydrogen-bond donors (Lipinski definition) is 0. The highest BCUT2D eigenvalue weighted by molar-refractivity contribution is 5.51. The van der Waals surface area contributed by atoms with Crippen molar-refractivity contribution in [3.63, 3.8) is 0 Å². The van der Waals surface area contributed by atoms with Gasteiger partial charge in [-0.05, 0) is 24.3 Å². The average molecular weight is 255 g/mol. The Labute approximate surface area is 111 Å². The zero-order valence-corrected chi connectivity index (χ0v) is 10.3. The van der Waals surface area contributed by atoms with E-state index in [1.165, 1.54) is 6.08 Å². The largest absolute Gasteiger partial charge is 0.490 e. The molecule has 0 aliphatic rings. The van der Waals surface area contributed by atoms with Crippen LogP contribution >= 0.6 is 0 Å². The molecule has 0 aliphatic carbocycles. The molecule has 4 heteroatoms. The molecule has 2 rings (SSSR count). The normalized spacial score (nSPS) is 9.47. The third-order valence-corrected chi connectivity index (χ3v) is 2.36. The SMILES string of the molecule is O=C=Nc1cccc(OCCOc2ccccc2)c1. The molecule has 0 aromatic heterocycles. The summed E-state index contributed by atoms with van der Waals surface area (Å²) in [5.41, 5.74) is 0.525. The van der Waals surface area contributed by atoms with Crippen molar-refractivity contribution < 1.29 is 14.3 Å². The highest BCUT2D eigenvalue weighted by atomic mass is 16.5. The number of isocyanates is 1. The predicted molar refractivity (Wildman–Crippen MR) is 71.7 cm³/mol. The molecule has 0 bridgehead atoms. The first-order chi connectivity index (χ1) is 9.38. The van der Waals surface area contributed by atoms with E-state index >= 15 is 0 Å². The van der Waals surface area contributed by atoms with Crippen LogP contribution in [0, 0.1) is 0 Å². The Balaban J connectivity index is 1.79. The Morgan fingerprint density at radius 3 is 2.32 bits per heavy atom. The van der Waals surface area contributed by atoms with Crippen molar-refractivity contribution in [1.82, 2.24) is 0 Å². The molecule has 0 saturated carbocycles. The zero-order chi connectivity index (χ0) is 13.3. The summed E-state index contributed by atoms with van der Waals surface area (Å²) in [6, 6.07) is 16.5. The number of rotatable bonds is 6. The van der Waals surface area contributed by atoms with E-state index in [0.29, 0.717) is 24.7 Å². The first-order valence-corrected chi connectivity index (χ1v) is 5.87. The van der Waals surface area contributed by atoms with E-state index in [0.717, 1.165) is 5.75 Å². The van der Waals surface area contributed by atoms with E-state index in [9.17, 15) is 4.79 Å². The molecule has 0 fully saturated rings. The van der Waals surface area contributed by atoms with Gasteiger partial charge in [0.2, 0.25) is 6.08 Å². The molecule has 0 atom stereocenters. The fraction of sp³-hybridized carbons (Fsp3) is 0.133. The molecule has 0 heterocycles. The summed E-state index contributed by atoms with van der Waals surface area (Å²) in [4.78, 5) is 13.7. The van der Waals surface area contributed by atoms with Gasteiger partial charge in [0.15, 0.2) is 0 Å². The molecule has 4 nitrogen and oxygen atoms in total. The maximum absolute atomic E-state index is 10.2. The Hall–Kier alpha value is -2.58.